The van der Waals surface area contributed by atoms with Crippen molar-refractivity contribution in [1.29, 1.82) is 0 Å². The molecule has 0 saturated carbocycles. The third-order valence-corrected chi connectivity index (χ3v) is 4.50. The first kappa shape index (κ1) is 25.5. The molecule has 0 fully saturated rings. The number of carbonyl (C=O) groups is 1. The summed E-state index contributed by atoms with van der Waals surface area (Å²) in [6, 6.07) is 6.01. The summed E-state index contributed by atoms with van der Waals surface area (Å²) in [6.07, 6.45) is -10.1. The van der Waals surface area contributed by atoms with Crippen molar-refractivity contribution >= 4 is 30.1 Å². The number of hydrogen-bond donors (Lipinski definition) is 4. The molecular formula is C19H17F7N3O2S+. The molecule has 32 heavy (non-hydrogen) atoms. The van der Waals surface area contributed by atoms with Crippen LogP contribution in [0.4, 0.5) is 42.1 Å². The topological polar surface area (TPSA) is 61.4 Å². The molecule has 2 aromatic rings. The molecule has 0 spiro atoms. The van der Waals surface area contributed by atoms with Crippen molar-refractivity contribution in [2.75, 3.05) is 12.0 Å². The Morgan fingerprint density at radius 1 is 1.06 bits per heavy atom. The summed E-state index contributed by atoms with van der Waals surface area (Å²) in [7, 11) is 0. The zero-order valence-corrected chi connectivity index (χ0v) is 17.0. The van der Waals surface area contributed by atoms with Crippen LogP contribution in [0.2, 0.25) is 0 Å². The van der Waals surface area contributed by atoms with Gasteiger partial charge in [0, 0.05) is 28.4 Å². The average molecular weight is 484 g/mol. The molecule has 0 aliphatic rings. The summed E-state index contributed by atoms with van der Waals surface area (Å²) < 4.78 is 88.4. The lowest BCUT2D eigenvalue weighted by Crippen LogP contribution is -2.42. The van der Waals surface area contributed by atoms with Gasteiger partial charge in [0.1, 0.15) is 24.3 Å². The standard InChI is InChI=1S/C19H16F7N3O2S/c1-11(18(21,22)23)8-9-27-17(30)15-7-2-12(19(24,25)26)10-16(15)28-29(31,32)14-5-3-13(20)4-6-14/h2-7,10,31-32H,1,8-9H2,(H-,27,28,30)/p+1. The van der Waals surface area contributed by atoms with Gasteiger partial charge in [-0.2, -0.15) is 37.0 Å². The number of halogens is 7. The number of anilines is 1. The zero-order chi connectivity index (χ0) is 24.3. The summed E-state index contributed by atoms with van der Waals surface area (Å²) >= 11 is 3.88. The normalized spacial score (nSPS) is 13.9. The number of nitrogens with zero attached hydrogens (tertiary/aromatic N) is 1. The summed E-state index contributed by atoms with van der Waals surface area (Å²) in [6.45, 7) is 2.36. The van der Waals surface area contributed by atoms with E-state index in [4.69, 9.17) is 0 Å². The van der Waals surface area contributed by atoms with Crippen molar-refractivity contribution in [1.82, 2.24) is 9.48 Å². The van der Waals surface area contributed by atoms with Crippen LogP contribution in [0.3, 0.4) is 0 Å². The summed E-state index contributed by atoms with van der Waals surface area (Å²) in [5.74, 6) is -1.66. The number of nitrogens with one attached hydrogen (secondary N) is 2. The van der Waals surface area contributed by atoms with Crippen LogP contribution in [0.5, 0.6) is 0 Å². The molecule has 5 nitrogen and oxygen atoms in total. The molecule has 3 N–H and O–H groups in total. The molecule has 1 atom stereocenters. The van der Waals surface area contributed by atoms with E-state index in [1.165, 1.54) is 0 Å². The maximum atomic E-state index is 13.1. The Morgan fingerprint density at radius 3 is 2.19 bits per heavy atom. The molecule has 13 heteroatoms. The molecule has 2 aromatic carbocycles. The monoisotopic (exact) mass is 484 g/mol. The molecule has 0 aliphatic carbocycles. The number of rotatable bonds is 7. The van der Waals surface area contributed by atoms with Crippen LogP contribution in [-0.2, 0) is 6.18 Å². The summed E-state index contributed by atoms with van der Waals surface area (Å²) in [5, 5.41) is 12.6. The Balaban J connectivity index is 2.32. The molecule has 0 radical (unpaired) electrons. The maximum absolute atomic E-state index is 13.1. The van der Waals surface area contributed by atoms with Crippen LogP contribution in [0.15, 0.2) is 54.6 Å². The molecule has 1 amide bonds. The van der Waals surface area contributed by atoms with Crippen LogP contribution in [0.25, 0.3) is 0 Å². The van der Waals surface area contributed by atoms with E-state index in [9.17, 15) is 40.7 Å². The minimum atomic E-state index is -4.80. The third-order valence-electron chi connectivity index (χ3n) is 4.17. The molecule has 0 aliphatic heterocycles. The fourth-order valence-electron chi connectivity index (χ4n) is 2.46. The van der Waals surface area contributed by atoms with Gasteiger partial charge in [-0.1, -0.05) is 6.58 Å². The number of quaternary nitrogens is 1. The molecular weight excluding hydrogens is 467 g/mol. The number of alkyl halides is 6. The molecule has 2 rings (SSSR count). The van der Waals surface area contributed by atoms with E-state index in [1.54, 1.807) is 0 Å². The van der Waals surface area contributed by atoms with Gasteiger partial charge in [0.15, 0.2) is 0 Å². The van der Waals surface area contributed by atoms with Gasteiger partial charge in [0.25, 0.3) is 5.91 Å². The number of benzene rings is 2. The first-order chi connectivity index (χ1) is 14.6. The Bertz CT molecular complexity index is 990. The minimum absolute atomic E-state index is 0.111. The number of amides is 1. The molecule has 174 valence electrons. The minimum Gasteiger partial charge on any atom is -0.352 e. The van der Waals surface area contributed by atoms with Gasteiger partial charge in [0.2, 0.25) is 5.69 Å². The van der Waals surface area contributed by atoms with Gasteiger partial charge < -0.3 is 5.32 Å². The van der Waals surface area contributed by atoms with E-state index in [2.05, 4.69) is 30.1 Å². The van der Waals surface area contributed by atoms with E-state index in [1.807, 2.05) is 0 Å². The second-order valence-electron chi connectivity index (χ2n) is 6.55. The number of hydrogen-bond acceptors (Lipinski definition) is 4. The van der Waals surface area contributed by atoms with E-state index < -0.39 is 63.6 Å². The number of thiol groups is 1. The lowest BCUT2D eigenvalue weighted by Gasteiger charge is -2.24. The van der Waals surface area contributed by atoms with Crippen molar-refractivity contribution in [3.8, 4) is 0 Å². The quantitative estimate of drug-likeness (QED) is 0.135. The second kappa shape index (κ2) is 9.38. The molecule has 0 heterocycles. The van der Waals surface area contributed by atoms with Crippen molar-refractivity contribution in [3.63, 3.8) is 0 Å². The Kier molecular flexibility index (Phi) is 7.47. The van der Waals surface area contributed by atoms with Gasteiger partial charge in [0.05, 0.1) is 11.1 Å². The SMILES string of the molecule is C=C(CCNC(=O)c1ccc(C(F)(F)F)cc1N[N+](O)(S)c1ccc(F)cc1)C(F)(F)F. The van der Waals surface area contributed by atoms with Crippen LogP contribution in [0, 0.1) is 5.82 Å². The van der Waals surface area contributed by atoms with Gasteiger partial charge in [-0.3, -0.25) is 4.79 Å². The average Bonchev–Trinajstić information content (AvgIpc) is 2.66. The highest BCUT2D eigenvalue weighted by Crippen LogP contribution is 2.34. The highest BCUT2D eigenvalue weighted by Gasteiger charge is 2.34. The lowest BCUT2D eigenvalue weighted by atomic mass is 10.1. The fraction of sp³-hybridized carbons (Fsp3) is 0.211. The van der Waals surface area contributed by atoms with Crippen LogP contribution in [-0.4, -0.2) is 23.8 Å². The van der Waals surface area contributed by atoms with Crippen molar-refractivity contribution in [3.05, 3.63) is 71.6 Å². The molecule has 1 unspecified atom stereocenters. The summed E-state index contributed by atoms with van der Waals surface area (Å²) in [4.78, 5) is 12.4. The molecule has 0 aromatic heterocycles. The van der Waals surface area contributed by atoms with Gasteiger partial charge in [-0.15, -0.1) is 0 Å². The lowest BCUT2D eigenvalue weighted by molar-refractivity contribution is -0.137. The Morgan fingerprint density at radius 2 is 1.66 bits per heavy atom. The van der Waals surface area contributed by atoms with Crippen LogP contribution in [0.1, 0.15) is 22.3 Å². The van der Waals surface area contributed by atoms with Crippen molar-refractivity contribution in [2.24, 2.45) is 0 Å². The summed E-state index contributed by atoms with van der Waals surface area (Å²) in [5.41, 5.74) is -1.11. The Hall–Kier alpha value is -2.77. The van der Waals surface area contributed by atoms with Gasteiger partial charge >= 0.3 is 12.4 Å². The molecule has 0 bridgehead atoms. The molecule has 0 saturated heterocycles. The first-order valence-electron chi connectivity index (χ1n) is 8.74. The van der Waals surface area contributed by atoms with E-state index >= 15 is 0 Å². The van der Waals surface area contributed by atoms with Crippen LogP contribution < -0.4 is 14.9 Å². The van der Waals surface area contributed by atoms with Crippen molar-refractivity contribution in [2.45, 2.75) is 18.8 Å². The van der Waals surface area contributed by atoms with Gasteiger partial charge in [-0.25, -0.2) is 4.39 Å². The second-order valence-corrected chi connectivity index (χ2v) is 7.13. The largest absolute Gasteiger partial charge is 0.416 e. The maximum Gasteiger partial charge on any atom is 0.416 e. The predicted molar refractivity (Wildman–Crippen MR) is 106 cm³/mol. The van der Waals surface area contributed by atoms with Crippen LogP contribution >= 0.6 is 12.8 Å². The Labute approximate surface area is 183 Å². The smallest absolute Gasteiger partial charge is 0.352 e. The highest BCUT2D eigenvalue weighted by atomic mass is 32.1. The highest BCUT2D eigenvalue weighted by molar-refractivity contribution is 7.79. The zero-order valence-electron chi connectivity index (χ0n) is 16.1. The van der Waals surface area contributed by atoms with E-state index in [0.717, 1.165) is 30.3 Å². The van der Waals surface area contributed by atoms with E-state index in [0.29, 0.717) is 12.1 Å². The first-order valence-corrected chi connectivity index (χ1v) is 9.14. The fourth-order valence-corrected chi connectivity index (χ4v) is 2.70. The van der Waals surface area contributed by atoms with E-state index in [-0.39, 0.29) is 5.69 Å². The number of carbonyl (C=O) groups excluding carboxylic acids is 1. The third kappa shape index (κ3) is 6.61. The van der Waals surface area contributed by atoms with Crippen molar-refractivity contribution < 1.29 is 40.7 Å². The van der Waals surface area contributed by atoms with Gasteiger partial charge in [-0.05, 0) is 36.8 Å². The predicted octanol–water partition coefficient (Wildman–Crippen LogP) is 5.65.